The summed E-state index contributed by atoms with van der Waals surface area (Å²) in [4.78, 5) is 0. The zero-order chi connectivity index (χ0) is 14.6. The van der Waals surface area contributed by atoms with Crippen LogP contribution in [0, 0.1) is 17.3 Å². The molecule has 1 aromatic carbocycles. The number of aryl methyl sites for hydroxylation is 1. The van der Waals surface area contributed by atoms with Crippen LogP contribution in [0.4, 0.5) is 0 Å². The van der Waals surface area contributed by atoms with E-state index < -0.39 is 0 Å². The monoisotopic (exact) mass is 274 g/mol. The fourth-order valence-electron chi connectivity index (χ4n) is 3.84. The second-order valence-electron chi connectivity index (χ2n) is 7.42. The van der Waals surface area contributed by atoms with E-state index in [-0.39, 0.29) is 11.5 Å². The Labute approximate surface area is 124 Å². The van der Waals surface area contributed by atoms with Crippen LogP contribution in [0.2, 0.25) is 0 Å². The summed E-state index contributed by atoms with van der Waals surface area (Å²) in [5.41, 5.74) is 1.69. The van der Waals surface area contributed by atoms with Gasteiger partial charge in [-0.2, -0.15) is 0 Å². The molecule has 1 aromatic rings. The first-order valence-electron chi connectivity index (χ1n) is 8.21. The van der Waals surface area contributed by atoms with Gasteiger partial charge in [-0.05, 0) is 54.9 Å². The number of aliphatic hydroxyl groups is 1. The molecule has 1 aliphatic carbocycles. The highest BCUT2D eigenvalue weighted by Crippen LogP contribution is 2.43. The number of hydrogen-bond acceptors (Lipinski definition) is 1. The molecule has 1 nitrogen and oxygen atoms in total. The molecule has 0 bridgehead atoms. The second-order valence-corrected chi connectivity index (χ2v) is 7.42. The lowest BCUT2D eigenvalue weighted by Gasteiger charge is -2.42. The molecule has 1 N–H and O–H groups in total. The molecule has 20 heavy (non-hydrogen) atoms. The van der Waals surface area contributed by atoms with Crippen LogP contribution in [-0.2, 0) is 6.42 Å². The van der Waals surface area contributed by atoms with Crippen LogP contribution in [-0.4, -0.2) is 11.2 Å². The number of hydrogen-bond donors (Lipinski definition) is 1. The average molecular weight is 274 g/mol. The van der Waals surface area contributed by atoms with Gasteiger partial charge < -0.3 is 5.11 Å². The van der Waals surface area contributed by atoms with Crippen molar-refractivity contribution in [2.75, 3.05) is 0 Å². The van der Waals surface area contributed by atoms with Crippen LogP contribution in [0.25, 0.3) is 0 Å². The van der Waals surface area contributed by atoms with Crippen molar-refractivity contribution in [3.05, 3.63) is 35.9 Å². The van der Waals surface area contributed by atoms with Gasteiger partial charge in [0.05, 0.1) is 6.10 Å². The molecule has 0 saturated heterocycles. The zero-order valence-corrected chi connectivity index (χ0v) is 13.3. The first kappa shape index (κ1) is 15.6. The fourth-order valence-corrected chi connectivity index (χ4v) is 3.84. The molecule has 1 aliphatic rings. The normalized spacial score (nSPS) is 27.5. The number of aliphatic hydroxyl groups excluding tert-OH is 1. The van der Waals surface area contributed by atoms with Gasteiger partial charge in [-0.1, -0.05) is 57.5 Å². The van der Waals surface area contributed by atoms with E-state index in [9.17, 15) is 5.11 Å². The minimum Gasteiger partial charge on any atom is -0.393 e. The van der Waals surface area contributed by atoms with Crippen LogP contribution in [0.5, 0.6) is 0 Å². The summed E-state index contributed by atoms with van der Waals surface area (Å²) < 4.78 is 0. The third-order valence-corrected chi connectivity index (χ3v) is 5.21. The quantitative estimate of drug-likeness (QED) is 0.815. The van der Waals surface area contributed by atoms with Crippen molar-refractivity contribution >= 4 is 0 Å². The Morgan fingerprint density at radius 2 is 1.85 bits per heavy atom. The van der Waals surface area contributed by atoms with E-state index in [0.717, 1.165) is 12.8 Å². The van der Waals surface area contributed by atoms with Gasteiger partial charge in [-0.15, -0.1) is 0 Å². The molecule has 0 aliphatic heterocycles. The summed E-state index contributed by atoms with van der Waals surface area (Å²) in [7, 11) is 0. The molecule has 0 spiro atoms. The van der Waals surface area contributed by atoms with Gasteiger partial charge in [-0.3, -0.25) is 0 Å². The lowest BCUT2D eigenvalue weighted by atomic mass is 9.65. The van der Waals surface area contributed by atoms with E-state index in [1.54, 1.807) is 0 Å². The summed E-state index contributed by atoms with van der Waals surface area (Å²) in [6, 6.07) is 10.7. The van der Waals surface area contributed by atoms with Gasteiger partial charge >= 0.3 is 0 Å². The molecule has 3 unspecified atom stereocenters. The molecule has 3 atom stereocenters. The predicted molar refractivity (Wildman–Crippen MR) is 85.7 cm³/mol. The van der Waals surface area contributed by atoms with Crippen molar-refractivity contribution in [1.29, 1.82) is 0 Å². The fraction of sp³-hybridized carbons (Fsp3) is 0.684. The highest BCUT2D eigenvalue weighted by Gasteiger charge is 2.37. The smallest absolute Gasteiger partial charge is 0.0576 e. The molecule has 112 valence electrons. The third-order valence-electron chi connectivity index (χ3n) is 5.21. The highest BCUT2D eigenvalue weighted by molar-refractivity contribution is 5.14. The van der Waals surface area contributed by atoms with Gasteiger partial charge in [0.25, 0.3) is 0 Å². The maximum atomic E-state index is 10.4. The van der Waals surface area contributed by atoms with E-state index in [2.05, 4.69) is 51.1 Å². The highest BCUT2D eigenvalue weighted by atomic mass is 16.3. The van der Waals surface area contributed by atoms with Gasteiger partial charge in [0.15, 0.2) is 0 Å². The number of benzene rings is 1. The zero-order valence-electron chi connectivity index (χ0n) is 13.3. The first-order chi connectivity index (χ1) is 9.49. The Morgan fingerprint density at radius 1 is 1.15 bits per heavy atom. The third kappa shape index (κ3) is 4.09. The van der Waals surface area contributed by atoms with Gasteiger partial charge in [0, 0.05) is 0 Å². The van der Waals surface area contributed by atoms with Crippen molar-refractivity contribution in [3.63, 3.8) is 0 Å². The van der Waals surface area contributed by atoms with E-state index in [1.807, 2.05) is 0 Å². The molecule has 0 radical (unpaired) electrons. The molecule has 1 heteroatoms. The van der Waals surface area contributed by atoms with E-state index in [4.69, 9.17) is 0 Å². The Hall–Kier alpha value is -0.820. The largest absolute Gasteiger partial charge is 0.393 e. The molecular formula is C19H30O. The maximum Gasteiger partial charge on any atom is 0.0576 e. The molecule has 0 amide bonds. The van der Waals surface area contributed by atoms with Crippen molar-refractivity contribution in [2.24, 2.45) is 17.3 Å². The Morgan fingerprint density at radius 3 is 2.50 bits per heavy atom. The summed E-state index contributed by atoms with van der Waals surface area (Å²) in [5.74, 6) is 1.18. The predicted octanol–water partition coefficient (Wildman–Crippen LogP) is 4.83. The summed E-state index contributed by atoms with van der Waals surface area (Å²) in [5, 5.41) is 10.4. The van der Waals surface area contributed by atoms with Crippen LogP contribution in [0.1, 0.15) is 58.4 Å². The Balaban J connectivity index is 1.84. The minimum atomic E-state index is -0.0922. The van der Waals surface area contributed by atoms with Crippen LogP contribution >= 0.6 is 0 Å². The van der Waals surface area contributed by atoms with Crippen molar-refractivity contribution < 1.29 is 5.11 Å². The standard InChI is InChI=1S/C19H30O/c1-15-11-12-17(18(20)14-15)19(2,3)13-7-10-16-8-5-4-6-9-16/h4-6,8-9,15,17-18,20H,7,10-14H2,1-3H3. The van der Waals surface area contributed by atoms with Crippen molar-refractivity contribution in [2.45, 2.75) is 65.4 Å². The van der Waals surface area contributed by atoms with Crippen molar-refractivity contribution in [3.8, 4) is 0 Å². The maximum absolute atomic E-state index is 10.4. The summed E-state index contributed by atoms with van der Waals surface area (Å²) >= 11 is 0. The molecule has 0 aromatic heterocycles. The Kier molecular flexibility index (Phi) is 5.26. The molecular weight excluding hydrogens is 244 g/mol. The van der Waals surface area contributed by atoms with E-state index in [0.29, 0.717) is 11.8 Å². The first-order valence-corrected chi connectivity index (χ1v) is 8.21. The minimum absolute atomic E-state index is 0.0922. The molecule has 1 fully saturated rings. The van der Waals surface area contributed by atoms with Crippen molar-refractivity contribution in [1.82, 2.24) is 0 Å². The van der Waals surface area contributed by atoms with Gasteiger partial charge in [0.2, 0.25) is 0 Å². The lowest BCUT2D eigenvalue weighted by Crippen LogP contribution is -2.38. The molecule has 0 heterocycles. The van der Waals surface area contributed by atoms with Crippen LogP contribution in [0.15, 0.2) is 30.3 Å². The van der Waals surface area contributed by atoms with E-state index in [1.165, 1.54) is 31.2 Å². The van der Waals surface area contributed by atoms with Gasteiger partial charge in [0.1, 0.15) is 0 Å². The summed E-state index contributed by atoms with van der Waals surface area (Å²) in [6.45, 7) is 6.96. The topological polar surface area (TPSA) is 20.2 Å². The molecule has 2 rings (SSSR count). The van der Waals surface area contributed by atoms with Crippen LogP contribution < -0.4 is 0 Å². The number of rotatable bonds is 5. The van der Waals surface area contributed by atoms with Crippen LogP contribution in [0.3, 0.4) is 0 Å². The average Bonchev–Trinajstić information content (AvgIpc) is 2.39. The second kappa shape index (κ2) is 6.76. The lowest BCUT2D eigenvalue weighted by molar-refractivity contribution is -0.0166. The SMILES string of the molecule is CC1CCC(C(C)(C)CCCc2ccccc2)C(O)C1. The Bertz CT molecular complexity index is 395. The van der Waals surface area contributed by atoms with E-state index >= 15 is 0 Å². The molecule has 1 saturated carbocycles. The summed E-state index contributed by atoms with van der Waals surface area (Å²) in [6.07, 6.45) is 6.96. The van der Waals surface area contributed by atoms with Gasteiger partial charge in [-0.25, -0.2) is 0 Å².